The zero-order valence-electron chi connectivity index (χ0n) is 11.6. The zero-order valence-corrected chi connectivity index (χ0v) is 11.6. The number of nitrogens with zero attached hydrogens (tertiary/aromatic N) is 1. The molecule has 1 aromatic rings. The third-order valence-electron chi connectivity index (χ3n) is 4.64. The maximum absolute atomic E-state index is 12.6. The highest BCUT2D eigenvalue weighted by Crippen LogP contribution is 2.46. The van der Waals surface area contributed by atoms with E-state index in [9.17, 15) is 4.79 Å². The van der Waals surface area contributed by atoms with Gasteiger partial charge >= 0.3 is 0 Å². The summed E-state index contributed by atoms with van der Waals surface area (Å²) in [5.74, 6) is 0.361. The molecular weight excluding hydrogens is 234 g/mol. The molecule has 1 heterocycles. The Kier molecular flexibility index (Phi) is 3.17. The van der Waals surface area contributed by atoms with Crippen LogP contribution in [0.1, 0.15) is 37.7 Å². The van der Waals surface area contributed by atoms with E-state index in [4.69, 9.17) is 0 Å². The third-order valence-corrected chi connectivity index (χ3v) is 4.64. The van der Waals surface area contributed by atoms with E-state index >= 15 is 0 Å². The van der Waals surface area contributed by atoms with Gasteiger partial charge < -0.3 is 4.90 Å². The van der Waals surface area contributed by atoms with Gasteiger partial charge in [0.2, 0.25) is 5.91 Å². The van der Waals surface area contributed by atoms with Gasteiger partial charge in [-0.05, 0) is 43.2 Å². The minimum absolute atomic E-state index is 0.118. The molecule has 1 amide bonds. The van der Waals surface area contributed by atoms with E-state index in [0.717, 1.165) is 38.6 Å². The summed E-state index contributed by atoms with van der Waals surface area (Å²) in [6.45, 7) is 0.922. The van der Waals surface area contributed by atoms with Gasteiger partial charge in [0, 0.05) is 13.6 Å². The largest absolute Gasteiger partial charge is 0.345 e. The Balaban J connectivity index is 1.88. The lowest BCUT2D eigenvalue weighted by Gasteiger charge is -2.42. The van der Waals surface area contributed by atoms with Gasteiger partial charge in [0.1, 0.15) is 0 Å². The number of piperidine rings is 1. The standard InChI is InChI=1S/C17H21NO/c1-18-12-6-11-17(16(18)19)10-5-9-15(13-17)14-7-3-2-4-8-14/h2-4,7-9H,5-6,10-13H2,1H3. The van der Waals surface area contributed by atoms with Crippen molar-refractivity contribution >= 4 is 11.5 Å². The van der Waals surface area contributed by atoms with Crippen molar-refractivity contribution in [1.29, 1.82) is 0 Å². The maximum Gasteiger partial charge on any atom is 0.228 e. The second kappa shape index (κ2) is 4.84. The number of rotatable bonds is 1. The molecule has 0 saturated carbocycles. The molecule has 1 spiro atoms. The first kappa shape index (κ1) is 12.5. The summed E-state index contributed by atoms with van der Waals surface area (Å²) < 4.78 is 0. The quantitative estimate of drug-likeness (QED) is 0.752. The predicted octanol–water partition coefficient (Wildman–Crippen LogP) is 3.49. The SMILES string of the molecule is CN1CCCC2(CCC=C(c3ccccc3)C2)C1=O. The highest BCUT2D eigenvalue weighted by Gasteiger charge is 2.43. The van der Waals surface area contributed by atoms with Gasteiger partial charge in [-0.3, -0.25) is 4.79 Å². The van der Waals surface area contributed by atoms with Crippen LogP contribution >= 0.6 is 0 Å². The van der Waals surface area contributed by atoms with Crippen molar-refractivity contribution in [3.8, 4) is 0 Å². The Morgan fingerprint density at radius 2 is 1.95 bits per heavy atom. The number of amides is 1. The molecule has 1 fully saturated rings. The summed E-state index contributed by atoms with van der Waals surface area (Å²) in [6, 6.07) is 10.5. The molecule has 0 N–H and O–H groups in total. The van der Waals surface area contributed by atoms with Crippen LogP contribution < -0.4 is 0 Å². The minimum Gasteiger partial charge on any atom is -0.345 e. The maximum atomic E-state index is 12.6. The Labute approximate surface area is 115 Å². The lowest BCUT2D eigenvalue weighted by Crippen LogP contribution is -2.47. The van der Waals surface area contributed by atoms with Crippen molar-refractivity contribution in [1.82, 2.24) is 4.90 Å². The van der Waals surface area contributed by atoms with Crippen molar-refractivity contribution in [2.45, 2.75) is 32.1 Å². The van der Waals surface area contributed by atoms with Crippen molar-refractivity contribution < 1.29 is 4.79 Å². The normalized spacial score (nSPS) is 27.5. The smallest absolute Gasteiger partial charge is 0.228 e. The summed E-state index contributed by atoms with van der Waals surface area (Å²) in [7, 11) is 1.95. The first-order valence-electron chi connectivity index (χ1n) is 7.21. The van der Waals surface area contributed by atoms with Gasteiger partial charge in [-0.25, -0.2) is 0 Å². The lowest BCUT2D eigenvalue weighted by atomic mass is 9.67. The molecule has 0 bridgehead atoms. The Hall–Kier alpha value is -1.57. The van der Waals surface area contributed by atoms with Crippen molar-refractivity contribution in [3.63, 3.8) is 0 Å². The average Bonchev–Trinajstić information content (AvgIpc) is 2.46. The van der Waals surface area contributed by atoms with Crippen LogP contribution in [0.5, 0.6) is 0 Å². The van der Waals surface area contributed by atoms with Crippen LogP contribution in [0.15, 0.2) is 36.4 Å². The second-order valence-electron chi connectivity index (χ2n) is 5.92. The third kappa shape index (κ3) is 2.20. The number of hydrogen-bond donors (Lipinski definition) is 0. The van der Waals surface area contributed by atoms with Crippen LogP contribution in [0.2, 0.25) is 0 Å². The van der Waals surface area contributed by atoms with Gasteiger partial charge in [-0.2, -0.15) is 0 Å². The molecule has 1 aromatic carbocycles. The molecular formula is C17H21NO. The predicted molar refractivity (Wildman–Crippen MR) is 77.6 cm³/mol. The molecule has 3 rings (SSSR count). The topological polar surface area (TPSA) is 20.3 Å². The van der Waals surface area contributed by atoms with Crippen LogP contribution in [0.3, 0.4) is 0 Å². The number of benzene rings is 1. The fourth-order valence-electron chi connectivity index (χ4n) is 3.58. The molecule has 100 valence electrons. The highest BCUT2D eigenvalue weighted by atomic mass is 16.2. The first-order valence-corrected chi connectivity index (χ1v) is 7.21. The molecule has 1 aliphatic carbocycles. The Bertz CT molecular complexity index is 505. The summed E-state index contributed by atoms with van der Waals surface area (Å²) in [5, 5.41) is 0. The fourth-order valence-corrected chi connectivity index (χ4v) is 3.58. The second-order valence-corrected chi connectivity index (χ2v) is 5.92. The Morgan fingerprint density at radius 1 is 1.16 bits per heavy atom. The highest BCUT2D eigenvalue weighted by molar-refractivity contribution is 5.86. The van der Waals surface area contributed by atoms with Gasteiger partial charge in [0.05, 0.1) is 5.41 Å². The molecule has 2 nitrogen and oxygen atoms in total. The number of likely N-dealkylation sites (tertiary alicyclic amines) is 1. The van der Waals surface area contributed by atoms with Gasteiger partial charge in [-0.1, -0.05) is 36.4 Å². The first-order chi connectivity index (χ1) is 9.21. The van der Waals surface area contributed by atoms with E-state index < -0.39 is 0 Å². The molecule has 1 atom stereocenters. The molecule has 1 saturated heterocycles. The van der Waals surface area contributed by atoms with Crippen molar-refractivity contribution in [2.75, 3.05) is 13.6 Å². The minimum atomic E-state index is -0.118. The van der Waals surface area contributed by atoms with Crippen LogP contribution in [0.25, 0.3) is 5.57 Å². The Morgan fingerprint density at radius 3 is 2.74 bits per heavy atom. The average molecular weight is 255 g/mol. The van der Waals surface area contributed by atoms with Crippen LogP contribution in [-0.4, -0.2) is 24.4 Å². The molecule has 19 heavy (non-hydrogen) atoms. The van der Waals surface area contributed by atoms with E-state index in [0.29, 0.717) is 5.91 Å². The summed E-state index contributed by atoms with van der Waals surface area (Å²) in [4.78, 5) is 14.5. The van der Waals surface area contributed by atoms with E-state index in [1.165, 1.54) is 11.1 Å². The van der Waals surface area contributed by atoms with E-state index in [2.05, 4.69) is 30.3 Å². The number of allylic oxidation sites excluding steroid dienone is 2. The van der Waals surface area contributed by atoms with Crippen LogP contribution in [-0.2, 0) is 4.79 Å². The van der Waals surface area contributed by atoms with Gasteiger partial charge in [0.15, 0.2) is 0 Å². The lowest BCUT2D eigenvalue weighted by molar-refractivity contribution is -0.145. The number of hydrogen-bond acceptors (Lipinski definition) is 1. The molecule has 1 aliphatic heterocycles. The van der Waals surface area contributed by atoms with Crippen molar-refractivity contribution in [2.24, 2.45) is 5.41 Å². The number of carbonyl (C=O) groups excluding carboxylic acids is 1. The monoisotopic (exact) mass is 255 g/mol. The fraction of sp³-hybridized carbons (Fsp3) is 0.471. The molecule has 2 heteroatoms. The summed E-state index contributed by atoms with van der Waals surface area (Å²) in [5.41, 5.74) is 2.52. The molecule has 1 unspecified atom stereocenters. The molecule has 2 aliphatic rings. The number of carbonyl (C=O) groups is 1. The van der Waals surface area contributed by atoms with E-state index in [1.54, 1.807) is 0 Å². The van der Waals surface area contributed by atoms with E-state index in [1.807, 2.05) is 18.0 Å². The van der Waals surface area contributed by atoms with Crippen LogP contribution in [0.4, 0.5) is 0 Å². The van der Waals surface area contributed by atoms with Crippen LogP contribution in [0, 0.1) is 5.41 Å². The molecule has 0 aromatic heterocycles. The van der Waals surface area contributed by atoms with Gasteiger partial charge in [-0.15, -0.1) is 0 Å². The van der Waals surface area contributed by atoms with E-state index in [-0.39, 0.29) is 5.41 Å². The van der Waals surface area contributed by atoms with Crippen molar-refractivity contribution in [3.05, 3.63) is 42.0 Å². The summed E-state index contributed by atoms with van der Waals surface area (Å²) in [6.07, 6.45) is 7.49. The summed E-state index contributed by atoms with van der Waals surface area (Å²) >= 11 is 0. The zero-order chi connectivity index (χ0) is 13.3. The molecule has 0 radical (unpaired) electrons. The van der Waals surface area contributed by atoms with Gasteiger partial charge in [0.25, 0.3) is 0 Å².